The molecule has 2 aromatic heterocycles. The fourth-order valence-corrected chi connectivity index (χ4v) is 2.58. The molecular weight excluding hydrogens is 250 g/mol. The van der Waals surface area contributed by atoms with E-state index in [0.717, 1.165) is 30.3 Å². The van der Waals surface area contributed by atoms with E-state index in [2.05, 4.69) is 32.1 Å². The number of nitrogens with one attached hydrogen (secondary N) is 1. The molecule has 5 nitrogen and oxygen atoms in total. The molecule has 0 radical (unpaired) electrons. The van der Waals surface area contributed by atoms with Gasteiger partial charge in [-0.1, -0.05) is 6.92 Å². The summed E-state index contributed by atoms with van der Waals surface area (Å²) in [6, 6.07) is 3.93. The maximum Gasteiger partial charge on any atom is 0.180 e. The van der Waals surface area contributed by atoms with Gasteiger partial charge < -0.3 is 10.2 Å². The number of rotatable bonds is 4. The van der Waals surface area contributed by atoms with Crippen LogP contribution in [0.4, 0.5) is 5.82 Å². The van der Waals surface area contributed by atoms with Crippen molar-refractivity contribution in [3.05, 3.63) is 24.5 Å². The highest BCUT2D eigenvalue weighted by atomic mass is 15.1. The Balaban J connectivity index is 1.52. The Hall–Kier alpha value is -1.75. The second-order valence-electron chi connectivity index (χ2n) is 5.55. The summed E-state index contributed by atoms with van der Waals surface area (Å²) in [7, 11) is 0. The summed E-state index contributed by atoms with van der Waals surface area (Å²) in [5, 5.41) is 3.37. The average Bonchev–Trinajstić information content (AvgIpc) is 2.49. The van der Waals surface area contributed by atoms with E-state index in [9.17, 15) is 0 Å². The van der Waals surface area contributed by atoms with E-state index < -0.39 is 0 Å². The molecule has 3 rings (SSSR count). The second kappa shape index (κ2) is 6.13. The lowest BCUT2D eigenvalue weighted by Gasteiger charge is -2.30. The molecule has 0 bridgehead atoms. The average molecular weight is 271 g/mol. The highest BCUT2D eigenvalue weighted by Gasteiger charge is 2.14. The number of nitrogens with zero attached hydrogens (tertiary/aromatic N) is 4. The molecule has 0 atom stereocenters. The maximum absolute atomic E-state index is 4.47. The predicted molar refractivity (Wildman–Crippen MR) is 80.7 cm³/mol. The Morgan fingerprint density at radius 1 is 1.20 bits per heavy atom. The number of pyridine rings is 1. The van der Waals surface area contributed by atoms with Crippen LogP contribution >= 0.6 is 0 Å². The third-order valence-electron chi connectivity index (χ3n) is 3.94. The predicted octanol–water partition coefficient (Wildman–Crippen LogP) is 2.17. The maximum atomic E-state index is 4.47. The Morgan fingerprint density at radius 3 is 2.85 bits per heavy atom. The van der Waals surface area contributed by atoms with Gasteiger partial charge in [0, 0.05) is 25.5 Å². The van der Waals surface area contributed by atoms with E-state index in [-0.39, 0.29) is 0 Å². The minimum atomic E-state index is 0.698. The first-order valence-electron chi connectivity index (χ1n) is 7.35. The first kappa shape index (κ1) is 13.2. The number of likely N-dealkylation sites (tertiary alicyclic amines) is 1. The largest absolute Gasteiger partial charge is 0.369 e. The molecule has 1 aliphatic rings. The summed E-state index contributed by atoms with van der Waals surface area (Å²) in [6.45, 7) is 6.79. The Bertz CT molecular complexity index is 563. The fourth-order valence-electron chi connectivity index (χ4n) is 2.58. The van der Waals surface area contributed by atoms with E-state index in [4.69, 9.17) is 0 Å². The monoisotopic (exact) mass is 271 g/mol. The lowest BCUT2D eigenvalue weighted by molar-refractivity contribution is 0.199. The van der Waals surface area contributed by atoms with Gasteiger partial charge in [-0.3, -0.25) is 4.98 Å². The van der Waals surface area contributed by atoms with Gasteiger partial charge in [0.2, 0.25) is 0 Å². The van der Waals surface area contributed by atoms with Crippen LogP contribution in [0.5, 0.6) is 0 Å². The summed E-state index contributed by atoms with van der Waals surface area (Å²) in [5.41, 5.74) is 1.53. The van der Waals surface area contributed by atoms with Crippen LogP contribution < -0.4 is 5.32 Å². The van der Waals surface area contributed by atoms with Crippen LogP contribution in [-0.4, -0.2) is 46.0 Å². The minimum Gasteiger partial charge on any atom is -0.369 e. The number of hydrogen-bond donors (Lipinski definition) is 1. The van der Waals surface area contributed by atoms with Crippen molar-refractivity contribution in [3.8, 4) is 0 Å². The molecule has 0 aromatic carbocycles. The molecule has 0 unspecified atom stereocenters. The first-order chi connectivity index (χ1) is 9.81. The summed E-state index contributed by atoms with van der Waals surface area (Å²) in [4.78, 5) is 15.4. The smallest absolute Gasteiger partial charge is 0.180 e. The lowest BCUT2D eigenvalue weighted by Crippen LogP contribution is -2.36. The van der Waals surface area contributed by atoms with Gasteiger partial charge in [-0.05, 0) is 44.0 Å². The molecule has 5 heteroatoms. The lowest BCUT2D eigenvalue weighted by atomic mass is 9.99. The van der Waals surface area contributed by atoms with Crippen LogP contribution in [0, 0.1) is 5.92 Å². The first-order valence-corrected chi connectivity index (χ1v) is 7.35. The van der Waals surface area contributed by atoms with Crippen molar-refractivity contribution in [2.24, 2.45) is 5.92 Å². The summed E-state index contributed by atoms with van der Waals surface area (Å²) in [6.07, 6.45) is 6.01. The molecule has 0 saturated carbocycles. The quantitative estimate of drug-likeness (QED) is 0.923. The summed E-state index contributed by atoms with van der Waals surface area (Å²) in [5.74, 6) is 1.77. The number of fused-ring (bicyclic) bond motifs is 1. The van der Waals surface area contributed by atoms with Gasteiger partial charge in [0.1, 0.15) is 11.3 Å². The number of hydrogen-bond acceptors (Lipinski definition) is 5. The molecule has 0 amide bonds. The van der Waals surface area contributed by atoms with Crippen molar-refractivity contribution < 1.29 is 0 Å². The molecule has 106 valence electrons. The van der Waals surface area contributed by atoms with Crippen molar-refractivity contribution in [2.45, 2.75) is 19.8 Å². The van der Waals surface area contributed by atoms with Crippen LogP contribution in [0.15, 0.2) is 24.5 Å². The third-order valence-corrected chi connectivity index (χ3v) is 3.94. The van der Waals surface area contributed by atoms with Gasteiger partial charge in [0.05, 0.1) is 0 Å². The van der Waals surface area contributed by atoms with E-state index in [1.54, 1.807) is 12.4 Å². The normalized spacial score (nSPS) is 17.4. The number of anilines is 1. The van der Waals surface area contributed by atoms with E-state index >= 15 is 0 Å². The second-order valence-corrected chi connectivity index (χ2v) is 5.55. The summed E-state index contributed by atoms with van der Waals surface area (Å²) < 4.78 is 0. The van der Waals surface area contributed by atoms with Gasteiger partial charge in [0.25, 0.3) is 0 Å². The molecule has 1 saturated heterocycles. The molecule has 20 heavy (non-hydrogen) atoms. The zero-order valence-corrected chi connectivity index (χ0v) is 11.9. The third kappa shape index (κ3) is 3.22. The molecule has 0 aliphatic carbocycles. The van der Waals surface area contributed by atoms with Crippen LogP contribution in [0.25, 0.3) is 11.2 Å². The van der Waals surface area contributed by atoms with E-state index in [1.807, 2.05) is 12.1 Å². The van der Waals surface area contributed by atoms with Gasteiger partial charge in [-0.15, -0.1) is 0 Å². The van der Waals surface area contributed by atoms with Gasteiger partial charge in [0.15, 0.2) is 5.65 Å². The number of piperidine rings is 1. The van der Waals surface area contributed by atoms with E-state index in [1.165, 1.54) is 25.9 Å². The highest BCUT2D eigenvalue weighted by molar-refractivity contribution is 5.71. The standard InChI is InChI=1S/C15H21N5/c1-12-4-9-20(10-5-12)11-8-17-14-3-2-13-15(19-14)18-7-6-16-13/h2-3,6-7,12H,4-5,8-11H2,1H3,(H,17,18,19). The Kier molecular flexibility index (Phi) is 4.06. The SMILES string of the molecule is CC1CCN(CCNc2ccc3nccnc3n2)CC1. The Labute approximate surface area is 119 Å². The van der Waals surface area contributed by atoms with Crippen LogP contribution in [0.3, 0.4) is 0 Å². The van der Waals surface area contributed by atoms with Crippen molar-refractivity contribution in [2.75, 3.05) is 31.5 Å². The van der Waals surface area contributed by atoms with Crippen LogP contribution in [0.1, 0.15) is 19.8 Å². The van der Waals surface area contributed by atoms with Crippen LogP contribution in [-0.2, 0) is 0 Å². The molecule has 1 fully saturated rings. The van der Waals surface area contributed by atoms with Gasteiger partial charge in [-0.25, -0.2) is 9.97 Å². The molecule has 1 N–H and O–H groups in total. The zero-order chi connectivity index (χ0) is 13.8. The zero-order valence-electron chi connectivity index (χ0n) is 11.9. The van der Waals surface area contributed by atoms with Gasteiger partial charge in [-0.2, -0.15) is 0 Å². The fraction of sp³-hybridized carbons (Fsp3) is 0.533. The minimum absolute atomic E-state index is 0.698. The van der Waals surface area contributed by atoms with Gasteiger partial charge >= 0.3 is 0 Å². The van der Waals surface area contributed by atoms with Crippen molar-refractivity contribution in [1.82, 2.24) is 19.9 Å². The summed E-state index contributed by atoms with van der Waals surface area (Å²) >= 11 is 0. The van der Waals surface area contributed by atoms with Crippen LogP contribution in [0.2, 0.25) is 0 Å². The number of aromatic nitrogens is 3. The van der Waals surface area contributed by atoms with Crippen molar-refractivity contribution >= 4 is 17.0 Å². The van der Waals surface area contributed by atoms with Crippen molar-refractivity contribution in [1.29, 1.82) is 0 Å². The van der Waals surface area contributed by atoms with E-state index in [0.29, 0.717) is 5.65 Å². The molecule has 3 heterocycles. The molecule has 1 aliphatic heterocycles. The highest BCUT2D eigenvalue weighted by Crippen LogP contribution is 2.15. The van der Waals surface area contributed by atoms with Crippen molar-refractivity contribution in [3.63, 3.8) is 0 Å². The molecule has 2 aromatic rings. The molecule has 0 spiro atoms. The Morgan fingerprint density at radius 2 is 2.00 bits per heavy atom. The topological polar surface area (TPSA) is 53.9 Å². The molecular formula is C15H21N5.